The topological polar surface area (TPSA) is 38.8 Å². The van der Waals surface area contributed by atoms with Gasteiger partial charge in [-0.25, -0.2) is 0 Å². The van der Waals surface area contributed by atoms with Crippen LogP contribution in [0.5, 0.6) is 11.5 Å². The molecule has 0 spiro atoms. The van der Waals surface area contributed by atoms with E-state index in [0.29, 0.717) is 12.6 Å². The molecule has 1 aromatic carbocycles. The smallest absolute Gasteiger partial charge is 0.247 e. The van der Waals surface area contributed by atoms with Gasteiger partial charge in [-0.2, -0.15) is 0 Å². The number of benzene rings is 1. The van der Waals surface area contributed by atoms with E-state index >= 15 is 0 Å². The van der Waals surface area contributed by atoms with E-state index in [4.69, 9.17) is 9.47 Å². The summed E-state index contributed by atoms with van der Waals surface area (Å²) in [7, 11) is 3.27. The number of carbonyl (C=O) groups is 1. The largest absolute Gasteiger partial charge is 0.497 e. The second-order valence-corrected chi connectivity index (χ2v) is 5.26. The molecule has 0 heterocycles. The molecule has 1 fully saturated rings. The van der Waals surface area contributed by atoms with E-state index in [0.717, 1.165) is 29.9 Å². The number of hydrogen-bond acceptors (Lipinski definition) is 3. The van der Waals surface area contributed by atoms with Gasteiger partial charge in [0.25, 0.3) is 0 Å². The van der Waals surface area contributed by atoms with Crippen LogP contribution < -0.4 is 9.47 Å². The van der Waals surface area contributed by atoms with Gasteiger partial charge in [-0.1, -0.05) is 18.2 Å². The van der Waals surface area contributed by atoms with Crippen molar-refractivity contribution < 1.29 is 14.3 Å². The second kappa shape index (κ2) is 7.69. The molecule has 1 saturated carbocycles. The number of ether oxygens (including phenoxy) is 2. The van der Waals surface area contributed by atoms with Gasteiger partial charge in [0, 0.05) is 17.7 Å². The van der Waals surface area contributed by atoms with E-state index in [-0.39, 0.29) is 5.91 Å². The molecule has 4 nitrogen and oxygen atoms in total. The van der Waals surface area contributed by atoms with Crippen LogP contribution in [0.15, 0.2) is 42.5 Å². The summed E-state index contributed by atoms with van der Waals surface area (Å²) in [5.41, 5.74) is 0.960. The Morgan fingerprint density at radius 3 is 2.64 bits per heavy atom. The van der Waals surface area contributed by atoms with Crippen molar-refractivity contribution >= 4 is 5.91 Å². The molecule has 0 N–H and O–H groups in total. The van der Waals surface area contributed by atoms with Crippen molar-refractivity contribution in [3.63, 3.8) is 0 Å². The maximum absolute atomic E-state index is 12.4. The zero-order chi connectivity index (χ0) is 15.9. The van der Waals surface area contributed by atoms with Crippen molar-refractivity contribution in [3.8, 4) is 11.5 Å². The summed E-state index contributed by atoms with van der Waals surface area (Å²) in [6, 6.07) is 5.99. The van der Waals surface area contributed by atoms with Gasteiger partial charge < -0.3 is 14.4 Å². The average Bonchev–Trinajstić information content (AvgIpc) is 3.37. The molecule has 0 saturated heterocycles. The molecule has 4 heteroatoms. The predicted octanol–water partition coefficient (Wildman–Crippen LogP) is 3.33. The van der Waals surface area contributed by atoms with Gasteiger partial charge in [0.1, 0.15) is 11.5 Å². The Balaban J connectivity index is 2.19. The lowest BCUT2D eigenvalue weighted by Gasteiger charge is -2.22. The summed E-state index contributed by atoms with van der Waals surface area (Å²) in [6.45, 7) is 2.46. The Hall–Kier alpha value is -2.23. The average molecular weight is 301 g/mol. The molecule has 22 heavy (non-hydrogen) atoms. The van der Waals surface area contributed by atoms with Crippen LogP contribution in [-0.4, -0.2) is 31.1 Å². The molecule has 1 aliphatic carbocycles. The molecular formula is C18H23NO3. The van der Waals surface area contributed by atoms with Gasteiger partial charge in [-0.05, 0) is 38.0 Å². The number of amides is 1. The first-order valence-corrected chi connectivity index (χ1v) is 7.50. The zero-order valence-electron chi connectivity index (χ0n) is 13.4. The van der Waals surface area contributed by atoms with Crippen LogP contribution in [0, 0.1) is 0 Å². The minimum absolute atomic E-state index is 0.0328. The standard InChI is InChI=1S/C18H23NO3/c1-4-5-6-7-18(20)19(15-8-9-15)13-14-12-16(21-2)10-11-17(14)22-3/h4-7,10-12,15H,8-9,13H2,1-3H3/b5-4+,7-6+. The minimum atomic E-state index is 0.0328. The lowest BCUT2D eigenvalue weighted by Crippen LogP contribution is -2.31. The molecular weight excluding hydrogens is 278 g/mol. The number of hydrogen-bond donors (Lipinski definition) is 0. The van der Waals surface area contributed by atoms with Crippen molar-refractivity contribution in [2.24, 2.45) is 0 Å². The highest BCUT2D eigenvalue weighted by molar-refractivity contribution is 5.88. The van der Waals surface area contributed by atoms with Gasteiger partial charge in [0.15, 0.2) is 0 Å². The molecule has 118 valence electrons. The molecule has 1 aromatic rings. The van der Waals surface area contributed by atoms with Gasteiger partial charge in [0.2, 0.25) is 5.91 Å². The molecule has 0 unspecified atom stereocenters. The van der Waals surface area contributed by atoms with Gasteiger partial charge >= 0.3 is 0 Å². The SMILES string of the molecule is C/C=C/C=C/C(=O)N(Cc1cc(OC)ccc1OC)C1CC1. The highest BCUT2D eigenvalue weighted by Gasteiger charge is 2.32. The monoisotopic (exact) mass is 301 g/mol. The van der Waals surface area contributed by atoms with Crippen LogP contribution in [0.25, 0.3) is 0 Å². The number of rotatable bonds is 7. The Morgan fingerprint density at radius 2 is 2.05 bits per heavy atom. The van der Waals surface area contributed by atoms with Crippen LogP contribution in [0.1, 0.15) is 25.3 Å². The maximum Gasteiger partial charge on any atom is 0.247 e. The first kappa shape index (κ1) is 16.1. The third-order valence-corrected chi connectivity index (χ3v) is 3.64. The van der Waals surface area contributed by atoms with E-state index in [9.17, 15) is 4.79 Å². The van der Waals surface area contributed by atoms with Crippen LogP contribution in [0.4, 0.5) is 0 Å². The molecule has 0 bridgehead atoms. The molecule has 1 amide bonds. The first-order valence-electron chi connectivity index (χ1n) is 7.50. The maximum atomic E-state index is 12.4. The first-order chi connectivity index (χ1) is 10.7. The summed E-state index contributed by atoms with van der Waals surface area (Å²) in [6.07, 6.45) is 9.28. The van der Waals surface area contributed by atoms with Crippen molar-refractivity contribution in [2.75, 3.05) is 14.2 Å². The van der Waals surface area contributed by atoms with Crippen LogP contribution >= 0.6 is 0 Å². The summed E-state index contributed by atoms with van der Waals surface area (Å²) in [5, 5.41) is 0. The number of nitrogens with zero attached hydrogens (tertiary/aromatic N) is 1. The third-order valence-electron chi connectivity index (χ3n) is 3.64. The quantitative estimate of drug-likeness (QED) is 0.573. The highest BCUT2D eigenvalue weighted by atomic mass is 16.5. The van der Waals surface area contributed by atoms with Crippen molar-refractivity contribution in [1.82, 2.24) is 4.90 Å². The Labute approximate surface area is 132 Å². The van der Waals surface area contributed by atoms with Gasteiger partial charge in [-0.15, -0.1) is 0 Å². The molecule has 0 aliphatic heterocycles. The van der Waals surface area contributed by atoms with Crippen molar-refractivity contribution in [2.45, 2.75) is 32.4 Å². The van der Waals surface area contributed by atoms with Gasteiger partial charge in [-0.3, -0.25) is 4.79 Å². The fourth-order valence-electron chi connectivity index (χ4n) is 2.31. The van der Waals surface area contributed by atoms with E-state index in [2.05, 4.69) is 0 Å². The molecule has 1 aliphatic rings. The fraction of sp³-hybridized carbons (Fsp3) is 0.389. The summed E-state index contributed by atoms with van der Waals surface area (Å²) in [5.74, 6) is 1.57. The van der Waals surface area contributed by atoms with E-state index < -0.39 is 0 Å². The molecule has 0 atom stereocenters. The number of carbonyl (C=O) groups excluding carboxylic acids is 1. The Bertz CT molecular complexity index is 574. The normalized spacial score (nSPS) is 14.5. The summed E-state index contributed by atoms with van der Waals surface area (Å²) >= 11 is 0. The minimum Gasteiger partial charge on any atom is -0.497 e. The van der Waals surface area contributed by atoms with Crippen LogP contribution in [0.3, 0.4) is 0 Å². The van der Waals surface area contributed by atoms with E-state index in [1.807, 2.05) is 42.2 Å². The molecule has 2 rings (SSSR count). The Kier molecular flexibility index (Phi) is 5.64. The van der Waals surface area contributed by atoms with E-state index in [1.54, 1.807) is 26.4 Å². The van der Waals surface area contributed by atoms with E-state index in [1.165, 1.54) is 0 Å². The molecule has 0 radical (unpaired) electrons. The highest BCUT2D eigenvalue weighted by Crippen LogP contribution is 2.32. The summed E-state index contributed by atoms with van der Waals surface area (Å²) < 4.78 is 10.7. The lowest BCUT2D eigenvalue weighted by atomic mass is 10.1. The Morgan fingerprint density at radius 1 is 1.27 bits per heavy atom. The van der Waals surface area contributed by atoms with Crippen LogP contribution in [-0.2, 0) is 11.3 Å². The molecule has 0 aromatic heterocycles. The number of allylic oxidation sites excluding steroid dienone is 3. The van der Waals surface area contributed by atoms with Crippen molar-refractivity contribution in [3.05, 3.63) is 48.1 Å². The lowest BCUT2D eigenvalue weighted by molar-refractivity contribution is -0.127. The van der Waals surface area contributed by atoms with Crippen LogP contribution in [0.2, 0.25) is 0 Å². The van der Waals surface area contributed by atoms with Gasteiger partial charge in [0.05, 0.1) is 20.8 Å². The predicted molar refractivity (Wildman–Crippen MR) is 87.1 cm³/mol. The fourth-order valence-corrected chi connectivity index (χ4v) is 2.31. The summed E-state index contributed by atoms with van der Waals surface area (Å²) in [4.78, 5) is 14.3. The zero-order valence-corrected chi connectivity index (χ0v) is 13.4. The van der Waals surface area contributed by atoms with Crippen molar-refractivity contribution in [1.29, 1.82) is 0 Å². The third kappa shape index (κ3) is 4.13. The second-order valence-electron chi connectivity index (χ2n) is 5.26. The number of methoxy groups -OCH3 is 2.